The second-order valence-corrected chi connectivity index (χ2v) is 7.97. The molecule has 136 valence electrons. The van der Waals surface area contributed by atoms with E-state index in [0.717, 1.165) is 9.87 Å². The first-order chi connectivity index (χ1) is 12.3. The second-order valence-electron chi connectivity index (χ2n) is 6.11. The standard InChI is InChI=1S/C18H19N3O4S/c1-12-10-15(8-9-16(12)19-13(2)22)26(24,25)21-11-17(20-18(21)23)14-6-4-3-5-7-14/h3-10,17H,11H2,1-2H3,(H,19,22)(H,20,23)/t17-/m1/s1. The van der Waals surface area contributed by atoms with Gasteiger partial charge in [0.25, 0.3) is 10.0 Å². The van der Waals surface area contributed by atoms with Gasteiger partial charge >= 0.3 is 6.03 Å². The van der Waals surface area contributed by atoms with Gasteiger partial charge in [-0.15, -0.1) is 0 Å². The molecule has 0 radical (unpaired) electrons. The maximum atomic E-state index is 12.9. The SMILES string of the molecule is CC(=O)Nc1ccc(S(=O)(=O)N2C[C@H](c3ccccc3)NC2=O)cc1C. The highest BCUT2D eigenvalue weighted by atomic mass is 32.2. The molecule has 26 heavy (non-hydrogen) atoms. The largest absolute Gasteiger partial charge is 0.331 e. The van der Waals surface area contributed by atoms with Gasteiger partial charge in [0, 0.05) is 12.6 Å². The highest BCUT2D eigenvalue weighted by Gasteiger charge is 2.38. The third kappa shape index (κ3) is 3.41. The Hall–Kier alpha value is -2.87. The Kier molecular flexibility index (Phi) is 4.69. The summed E-state index contributed by atoms with van der Waals surface area (Å²) in [5.41, 5.74) is 1.97. The number of carbonyl (C=O) groups excluding carboxylic acids is 2. The van der Waals surface area contributed by atoms with Crippen LogP contribution >= 0.6 is 0 Å². The Morgan fingerprint density at radius 3 is 2.50 bits per heavy atom. The zero-order valence-corrected chi connectivity index (χ0v) is 15.2. The number of carbonyl (C=O) groups is 2. The number of nitrogens with zero attached hydrogens (tertiary/aromatic N) is 1. The van der Waals surface area contributed by atoms with Gasteiger partial charge in [-0.2, -0.15) is 0 Å². The Bertz CT molecular complexity index is 958. The quantitative estimate of drug-likeness (QED) is 0.860. The maximum absolute atomic E-state index is 12.9. The van der Waals surface area contributed by atoms with Gasteiger partial charge in [0.1, 0.15) is 0 Å². The normalized spacial score (nSPS) is 17.1. The van der Waals surface area contributed by atoms with E-state index in [4.69, 9.17) is 0 Å². The fourth-order valence-corrected chi connectivity index (χ4v) is 4.29. The molecule has 1 saturated heterocycles. The number of hydrogen-bond acceptors (Lipinski definition) is 4. The summed E-state index contributed by atoms with van der Waals surface area (Å²) in [6, 6.07) is 12.5. The molecule has 3 rings (SSSR count). The molecule has 7 nitrogen and oxygen atoms in total. The summed E-state index contributed by atoms with van der Waals surface area (Å²) in [5, 5.41) is 5.33. The van der Waals surface area contributed by atoms with E-state index in [9.17, 15) is 18.0 Å². The van der Waals surface area contributed by atoms with Crippen LogP contribution in [0.15, 0.2) is 53.4 Å². The first kappa shape index (κ1) is 17.9. The fraction of sp³-hybridized carbons (Fsp3) is 0.222. The topological polar surface area (TPSA) is 95.6 Å². The van der Waals surface area contributed by atoms with Crippen LogP contribution < -0.4 is 10.6 Å². The molecular formula is C18H19N3O4S. The van der Waals surface area contributed by atoms with E-state index >= 15 is 0 Å². The van der Waals surface area contributed by atoms with Crippen molar-refractivity contribution in [1.29, 1.82) is 0 Å². The number of urea groups is 1. The van der Waals surface area contributed by atoms with Crippen LogP contribution in [-0.2, 0) is 14.8 Å². The van der Waals surface area contributed by atoms with Gasteiger partial charge in [-0.25, -0.2) is 17.5 Å². The van der Waals surface area contributed by atoms with Crippen molar-refractivity contribution in [2.24, 2.45) is 0 Å². The van der Waals surface area contributed by atoms with Crippen molar-refractivity contribution in [3.63, 3.8) is 0 Å². The van der Waals surface area contributed by atoms with E-state index in [-0.39, 0.29) is 17.3 Å². The molecule has 2 N–H and O–H groups in total. The molecule has 0 bridgehead atoms. The molecule has 1 atom stereocenters. The monoisotopic (exact) mass is 373 g/mol. The Balaban J connectivity index is 1.87. The molecule has 0 aliphatic carbocycles. The van der Waals surface area contributed by atoms with Crippen LogP contribution in [0.25, 0.3) is 0 Å². The van der Waals surface area contributed by atoms with Gasteiger partial charge < -0.3 is 10.6 Å². The molecule has 3 amide bonds. The lowest BCUT2D eigenvalue weighted by Gasteiger charge is -2.17. The van der Waals surface area contributed by atoms with Crippen LogP contribution in [0.4, 0.5) is 10.5 Å². The number of anilines is 1. The first-order valence-electron chi connectivity index (χ1n) is 8.05. The van der Waals surface area contributed by atoms with Gasteiger partial charge in [0.05, 0.1) is 17.5 Å². The summed E-state index contributed by atoms with van der Waals surface area (Å²) in [6.45, 7) is 3.10. The van der Waals surface area contributed by atoms with Crippen LogP contribution in [0.1, 0.15) is 24.1 Å². The zero-order chi connectivity index (χ0) is 18.9. The minimum absolute atomic E-state index is 0.00737. The molecule has 0 spiro atoms. The lowest BCUT2D eigenvalue weighted by molar-refractivity contribution is -0.114. The molecule has 2 aromatic carbocycles. The maximum Gasteiger partial charge on any atom is 0.331 e. The lowest BCUT2D eigenvalue weighted by atomic mass is 10.1. The van der Waals surface area contributed by atoms with Gasteiger partial charge in [-0.05, 0) is 36.2 Å². The molecule has 1 aliphatic rings. The summed E-state index contributed by atoms with van der Waals surface area (Å²) in [6.07, 6.45) is 0. The number of aryl methyl sites for hydroxylation is 1. The van der Waals surface area contributed by atoms with E-state index in [1.807, 2.05) is 30.3 Å². The van der Waals surface area contributed by atoms with Crippen molar-refractivity contribution in [3.8, 4) is 0 Å². The van der Waals surface area contributed by atoms with Crippen molar-refractivity contribution in [2.45, 2.75) is 24.8 Å². The van der Waals surface area contributed by atoms with Crippen molar-refractivity contribution in [1.82, 2.24) is 9.62 Å². The summed E-state index contributed by atoms with van der Waals surface area (Å²) < 4.78 is 26.6. The predicted molar refractivity (Wildman–Crippen MR) is 97.1 cm³/mol. The molecule has 1 fully saturated rings. The number of hydrogen-bond donors (Lipinski definition) is 2. The molecule has 0 saturated carbocycles. The number of nitrogens with one attached hydrogen (secondary N) is 2. The lowest BCUT2D eigenvalue weighted by Crippen LogP contribution is -2.34. The Labute approximate surface area is 152 Å². The average molecular weight is 373 g/mol. The molecule has 2 aromatic rings. The minimum Gasteiger partial charge on any atom is -0.328 e. The van der Waals surface area contributed by atoms with E-state index in [1.54, 1.807) is 6.92 Å². The summed E-state index contributed by atoms with van der Waals surface area (Å²) in [7, 11) is -3.99. The van der Waals surface area contributed by atoms with Crippen LogP contribution in [0, 0.1) is 6.92 Å². The third-order valence-electron chi connectivity index (χ3n) is 4.17. The predicted octanol–water partition coefficient (Wildman–Crippen LogP) is 2.41. The summed E-state index contributed by atoms with van der Waals surface area (Å²) in [4.78, 5) is 23.4. The van der Waals surface area contributed by atoms with Crippen LogP contribution in [0.2, 0.25) is 0 Å². The van der Waals surface area contributed by atoms with Crippen LogP contribution in [0.3, 0.4) is 0 Å². The van der Waals surface area contributed by atoms with Gasteiger partial charge in [0.2, 0.25) is 5.91 Å². The summed E-state index contributed by atoms with van der Waals surface area (Å²) in [5.74, 6) is -0.242. The first-order valence-corrected chi connectivity index (χ1v) is 9.49. The van der Waals surface area contributed by atoms with Gasteiger partial charge in [0.15, 0.2) is 0 Å². The average Bonchev–Trinajstić information content (AvgIpc) is 2.99. The highest BCUT2D eigenvalue weighted by Crippen LogP contribution is 2.28. The van der Waals surface area contributed by atoms with E-state index in [0.29, 0.717) is 11.3 Å². The highest BCUT2D eigenvalue weighted by molar-refractivity contribution is 7.89. The third-order valence-corrected chi connectivity index (χ3v) is 5.92. The zero-order valence-electron chi connectivity index (χ0n) is 14.4. The molecule has 8 heteroatoms. The number of rotatable bonds is 4. The fourth-order valence-electron chi connectivity index (χ4n) is 2.85. The number of amides is 3. The molecular weight excluding hydrogens is 354 g/mol. The van der Waals surface area contributed by atoms with E-state index in [2.05, 4.69) is 10.6 Å². The molecule has 1 aliphatic heterocycles. The van der Waals surface area contributed by atoms with Crippen molar-refractivity contribution < 1.29 is 18.0 Å². The minimum atomic E-state index is -3.99. The van der Waals surface area contributed by atoms with Gasteiger partial charge in [-0.1, -0.05) is 30.3 Å². The second kappa shape index (κ2) is 6.80. The van der Waals surface area contributed by atoms with Crippen LogP contribution in [-0.4, -0.2) is 31.2 Å². The van der Waals surface area contributed by atoms with Gasteiger partial charge in [-0.3, -0.25) is 4.79 Å². The van der Waals surface area contributed by atoms with Crippen molar-refractivity contribution in [2.75, 3.05) is 11.9 Å². The van der Waals surface area contributed by atoms with Crippen molar-refractivity contribution >= 4 is 27.6 Å². The van der Waals surface area contributed by atoms with E-state index in [1.165, 1.54) is 25.1 Å². The Morgan fingerprint density at radius 1 is 1.19 bits per heavy atom. The Morgan fingerprint density at radius 2 is 1.88 bits per heavy atom. The van der Waals surface area contributed by atoms with Crippen molar-refractivity contribution in [3.05, 3.63) is 59.7 Å². The molecule has 0 aromatic heterocycles. The molecule has 1 heterocycles. The number of benzene rings is 2. The van der Waals surface area contributed by atoms with E-state index < -0.39 is 22.1 Å². The summed E-state index contributed by atoms with van der Waals surface area (Å²) >= 11 is 0. The number of sulfonamides is 1. The molecule has 0 unspecified atom stereocenters. The van der Waals surface area contributed by atoms with Crippen LogP contribution in [0.5, 0.6) is 0 Å². The smallest absolute Gasteiger partial charge is 0.328 e.